The van der Waals surface area contributed by atoms with Crippen LogP contribution in [0, 0.1) is 5.92 Å². The number of aliphatic hydroxyl groups is 1. The van der Waals surface area contributed by atoms with Crippen molar-refractivity contribution in [2.45, 2.75) is 39.4 Å². The Balaban J connectivity index is 2.59. The molecule has 2 atom stereocenters. The van der Waals surface area contributed by atoms with Crippen molar-refractivity contribution in [1.29, 1.82) is 0 Å². The van der Waals surface area contributed by atoms with Crippen molar-refractivity contribution in [3.8, 4) is 0 Å². The van der Waals surface area contributed by atoms with Crippen molar-refractivity contribution in [3.05, 3.63) is 35.4 Å². The molecule has 2 heteroatoms. The van der Waals surface area contributed by atoms with E-state index in [9.17, 15) is 5.11 Å². The van der Waals surface area contributed by atoms with Crippen LogP contribution in [0.5, 0.6) is 0 Å². The average Bonchev–Trinajstić information content (AvgIpc) is 2.30. The van der Waals surface area contributed by atoms with Crippen LogP contribution < -0.4 is 0 Å². The van der Waals surface area contributed by atoms with E-state index >= 15 is 0 Å². The highest BCUT2D eigenvalue weighted by Crippen LogP contribution is 2.23. The summed E-state index contributed by atoms with van der Waals surface area (Å²) in [6.45, 7) is 4.95. The second kappa shape index (κ2) is 6.66. The molecule has 0 aromatic heterocycles. The third-order valence-corrected chi connectivity index (χ3v) is 3.00. The Hall–Kier alpha value is -0.860. The predicted octanol–water partition coefficient (Wildman–Crippen LogP) is 3.30. The number of methoxy groups -OCH3 is 1. The molecule has 0 saturated heterocycles. The van der Waals surface area contributed by atoms with Crippen LogP contribution >= 0.6 is 0 Å². The minimum Gasteiger partial charge on any atom is -0.388 e. The SMILES string of the molecule is CCC(C)CC(O)c1ccc(COC)cc1. The van der Waals surface area contributed by atoms with Crippen LogP contribution in [0.3, 0.4) is 0 Å². The van der Waals surface area contributed by atoms with E-state index in [1.807, 2.05) is 24.3 Å². The van der Waals surface area contributed by atoms with Crippen molar-refractivity contribution in [1.82, 2.24) is 0 Å². The number of rotatable bonds is 6. The Bertz CT molecular complexity index is 292. The summed E-state index contributed by atoms with van der Waals surface area (Å²) in [5.74, 6) is 0.564. The Kier molecular flexibility index (Phi) is 5.50. The van der Waals surface area contributed by atoms with E-state index in [2.05, 4.69) is 13.8 Å². The first-order valence-electron chi connectivity index (χ1n) is 5.93. The van der Waals surface area contributed by atoms with Gasteiger partial charge in [-0.15, -0.1) is 0 Å². The first kappa shape index (κ1) is 13.2. The molecule has 16 heavy (non-hydrogen) atoms. The molecule has 2 nitrogen and oxygen atoms in total. The maximum absolute atomic E-state index is 10.0. The molecule has 0 bridgehead atoms. The summed E-state index contributed by atoms with van der Waals surface area (Å²) >= 11 is 0. The number of aliphatic hydroxyl groups excluding tert-OH is 1. The molecule has 0 fully saturated rings. The minimum atomic E-state index is -0.341. The molecule has 0 saturated carbocycles. The lowest BCUT2D eigenvalue weighted by molar-refractivity contribution is 0.146. The predicted molar refractivity (Wildman–Crippen MR) is 66.2 cm³/mol. The molecule has 0 radical (unpaired) electrons. The number of ether oxygens (including phenoxy) is 1. The normalized spacial score (nSPS) is 14.8. The summed E-state index contributed by atoms with van der Waals surface area (Å²) in [4.78, 5) is 0. The lowest BCUT2D eigenvalue weighted by Gasteiger charge is -2.15. The lowest BCUT2D eigenvalue weighted by Crippen LogP contribution is -2.03. The van der Waals surface area contributed by atoms with E-state index < -0.39 is 0 Å². The van der Waals surface area contributed by atoms with Gasteiger partial charge >= 0.3 is 0 Å². The van der Waals surface area contributed by atoms with Crippen LogP contribution in [0.1, 0.15) is 43.9 Å². The van der Waals surface area contributed by atoms with Gasteiger partial charge in [0.05, 0.1) is 12.7 Å². The van der Waals surface area contributed by atoms with Crippen molar-refractivity contribution in [2.75, 3.05) is 7.11 Å². The van der Waals surface area contributed by atoms with Gasteiger partial charge in [-0.1, -0.05) is 44.5 Å². The summed E-state index contributed by atoms with van der Waals surface area (Å²) in [6.07, 6.45) is 1.60. The van der Waals surface area contributed by atoms with E-state index in [1.54, 1.807) is 7.11 Å². The van der Waals surface area contributed by atoms with Gasteiger partial charge in [-0.05, 0) is 23.5 Å². The zero-order valence-electron chi connectivity index (χ0n) is 10.4. The molecule has 0 spiro atoms. The van der Waals surface area contributed by atoms with Gasteiger partial charge in [0.25, 0.3) is 0 Å². The fourth-order valence-electron chi connectivity index (χ4n) is 1.69. The van der Waals surface area contributed by atoms with Gasteiger partial charge in [-0.3, -0.25) is 0 Å². The molecular weight excluding hydrogens is 200 g/mol. The summed E-state index contributed by atoms with van der Waals surface area (Å²) in [5, 5.41) is 10.0. The molecule has 1 aromatic rings. The van der Waals surface area contributed by atoms with Gasteiger partial charge in [0.15, 0.2) is 0 Å². The smallest absolute Gasteiger partial charge is 0.0792 e. The van der Waals surface area contributed by atoms with Crippen molar-refractivity contribution in [2.24, 2.45) is 5.92 Å². The van der Waals surface area contributed by atoms with E-state index in [-0.39, 0.29) is 6.10 Å². The molecule has 0 amide bonds. The van der Waals surface area contributed by atoms with Gasteiger partial charge in [0, 0.05) is 7.11 Å². The summed E-state index contributed by atoms with van der Waals surface area (Å²) < 4.78 is 5.05. The molecule has 90 valence electrons. The van der Waals surface area contributed by atoms with Crippen LogP contribution in [-0.2, 0) is 11.3 Å². The number of hydrogen-bond donors (Lipinski definition) is 1. The molecule has 0 aliphatic carbocycles. The molecule has 1 aromatic carbocycles. The average molecular weight is 222 g/mol. The summed E-state index contributed by atoms with van der Waals surface area (Å²) in [7, 11) is 1.69. The van der Waals surface area contributed by atoms with Gasteiger partial charge in [0.2, 0.25) is 0 Å². The van der Waals surface area contributed by atoms with E-state index in [1.165, 1.54) is 0 Å². The van der Waals surface area contributed by atoms with Crippen LogP contribution in [0.4, 0.5) is 0 Å². The molecular formula is C14H22O2. The molecule has 0 aliphatic heterocycles. The molecule has 1 rings (SSSR count). The highest BCUT2D eigenvalue weighted by Gasteiger charge is 2.10. The second-order valence-electron chi connectivity index (χ2n) is 4.44. The Labute approximate surface area is 98.3 Å². The third kappa shape index (κ3) is 3.95. The van der Waals surface area contributed by atoms with Crippen molar-refractivity contribution >= 4 is 0 Å². The Morgan fingerprint density at radius 3 is 2.38 bits per heavy atom. The number of benzene rings is 1. The first-order valence-corrected chi connectivity index (χ1v) is 5.93. The maximum atomic E-state index is 10.0. The molecule has 0 aliphatic rings. The monoisotopic (exact) mass is 222 g/mol. The molecule has 0 heterocycles. The van der Waals surface area contributed by atoms with E-state index in [0.717, 1.165) is 24.0 Å². The lowest BCUT2D eigenvalue weighted by atomic mass is 9.96. The first-order chi connectivity index (χ1) is 7.67. The Morgan fingerprint density at radius 2 is 1.88 bits per heavy atom. The third-order valence-electron chi connectivity index (χ3n) is 3.00. The van der Waals surface area contributed by atoms with Crippen molar-refractivity contribution in [3.63, 3.8) is 0 Å². The van der Waals surface area contributed by atoms with E-state index in [0.29, 0.717) is 12.5 Å². The van der Waals surface area contributed by atoms with E-state index in [4.69, 9.17) is 4.74 Å². The maximum Gasteiger partial charge on any atom is 0.0792 e. The summed E-state index contributed by atoms with van der Waals surface area (Å²) in [6, 6.07) is 8.00. The largest absolute Gasteiger partial charge is 0.388 e. The minimum absolute atomic E-state index is 0.341. The fraction of sp³-hybridized carbons (Fsp3) is 0.571. The molecule has 2 unspecified atom stereocenters. The summed E-state index contributed by atoms with van der Waals surface area (Å²) in [5.41, 5.74) is 2.14. The number of hydrogen-bond acceptors (Lipinski definition) is 2. The highest BCUT2D eigenvalue weighted by molar-refractivity contribution is 5.23. The quantitative estimate of drug-likeness (QED) is 0.800. The van der Waals surface area contributed by atoms with Crippen LogP contribution in [0.15, 0.2) is 24.3 Å². The topological polar surface area (TPSA) is 29.5 Å². The second-order valence-corrected chi connectivity index (χ2v) is 4.44. The Morgan fingerprint density at radius 1 is 1.25 bits per heavy atom. The van der Waals surface area contributed by atoms with Crippen LogP contribution in [-0.4, -0.2) is 12.2 Å². The van der Waals surface area contributed by atoms with Gasteiger partial charge < -0.3 is 9.84 Å². The van der Waals surface area contributed by atoms with Gasteiger partial charge in [-0.2, -0.15) is 0 Å². The zero-order valence-corrected chi connectivity index (χ0v) is 10.4. The van der Waals surface area contributed by atoms with Gasteiger partial charge in [-0.25, -0.2) is 0 Å². The van der Waals surface area contributed by atoms with Crippen LogP contribution in [0.2, 0.25) is 0 Å². The standard InChI is InChI=1S/C14H22O2/c1-4-11(2)9-14(15)13-7-5-12(6-8-13)10-16-3/h5-8,11,14-15H,4,9-10H2,1-3H3. The fourth-order valence-corrected chi connectivity index (χ4v) is 1.69. The highest BCUT2D eigenvalue weighted by atomic mass is 16.5. The van der Waals surface area contributed by atoms with Crippen LogP contribution in [0.25, 0.3) is 0 Å². The van der Waals surface area contributed by atoms with Gasteiger partial charge in [0.1, 0.15) is 0 Å². The van der Waals surface area contributed by atoms with Crippen molar-refractivity contribution < 1.29 is 9.84 Å². The zero-order chi connectivity index (χ0) is 12.0. The molecule has 1 N–H and O–H groups in total.